The van der Waals surface area contributed by atoms with Gasteiger partial charge in [0.25, 0.3) is 0 Å². The summed E-state index contributed by atoms with van der Waals surface area (Å²) in [5, 5.41) is 0. The van der Waals surface area contributed by atoms with E-state index in [-0.39, 0.29) is 17.8 Å². The molecule has 0 bridgehead atoms. The zero-order valence-corrected chi connectivity index (χ0v) is 18.8. The molecule has 0 radical (unpaired) electrons. The molecule has 0 saturated carbocycles. The van der Waals surface area contributed by atoms with Gasteiger partial charge in [-0.2, -0.15) is 0 Å². The van der Waals surface area contributed by atoms with E-state index in [1.54, 1.807) is 30.7 Å². The van der Waals surface area contributed by atoms with Crippen molar-refractivity contribution in [3.05, 3.63) is 86.9 Å². The Labute approximate surface area is 190 Å². The lowest BCUT2D eigenvalue weighted by Crippen LogP contribution is -2.08. The molecule has 2 aromatic carbocycles. The summed E-state index contributed by atoms with van der Waals surface area (Å²) in [5.74, 6) is 0.0644. The van der Waals surface area contributed by atoms with Crippen molar-refractivity contribution in [1.29, 1.82) is 0 Å². The van der Waals surface area contributed by atoms with Crippen LogP contribution >= 0.6 is 12.2 Å². The first-order valence-electron chi connectivity index (χ1n) is 10.1. The number of methoxy groups -OCH3 is 1. The number of nitrogens with zero attached hydrogens (tertiary/aromatic N) is 1. The number of hydrogen-bond acceptors (Lipinski definition) is 5. The summed E-state index contributed by atoms with van der Waals surface area (Å²) in [5.41, 5.74) is 3.90. The van der Waals surface area contributed by atoms with Gasteiger partial charge < -0.3 is 14.5 Å². The fourth-order valence-corrected chi connectivity index (χ4v) is 4.00. The van der Waals surface area contributed by atoms with E-state index in [2.05, 4.69) is 4.98 Å². The standard InChI is InChI=1S/C25H22N2O4S/c1-4-31-25(29)22-19(16-11-9-15(2)10-12-16)14-27-23(22)26-21(28)13-18(24(27)32)17-7-5-6-8-20(17)30-3/h5-14H,4H2,1-3H3,(H,26,28). The third kappa shape index (κ3) is 3.83. The lowest BCUT2D eigenvalue weighted by molar-refractivity contribution is 0.0529. The average Bonchev–Trinajstić information content (AvgIpc) is 3.11. The van der Waals surface area contributed by atoms with Gasteiger partial charge >= 0.3 is 5.97 Å². The maximum Gasteiger partial charge on any atom is 0.342 e. The van der Waals surface area contributed by atoms with E-state index < -0.39 is 11.5 Å². The zero-order chi connectivity index (χ0) is 22.8. The van der Waals surface area contributed by atoms with Gasteiger partial charge in [0.05, 0.1) is 13.7 Å². The van der Waals surface area contributed by atoms with Crippen LogP contribution in [0, 0.1) is 11.6 Å². The average molecular weight is 447 g/mol. The van der Waals surface area contributed by atoms with E-state index in [0.29, 0.717) is 27.1 Å². The van der Waals surface area contributed by atoms with E-state index >= 15 is 0 Å². The Morgan fingerprint density at radius 2 is 1.78 bits per heavy atom. The smallest absolute Gasteiger partial charge is 0.342 e. The third-order valence-electron chi connectivity index (χ3n) is 5.21. The minimum atomic E-state index is -0.527. The molecule has 0 aliphatic carbocycles. The fraction of sp³-hybridized carbons (Fsp3) is 0.160. The molecule has 4 rings (SSSR count). The molecule has 4 aromatic rings. The van der Waals surface area contributed by atoms with Crippen molar-refractivity contribution < 1.29 is 14.3 Å². The maximum atomic E-state index is 12.9. The van der Waals surface area contributed by atoms with Crippen molar-refractivity contribution in [2.75, 3.05) is 13.7 Å². The van der Waals surface area contributed by atoms with Crippen LogP contribution in [0.5, 0.6) is 5.75 Å². The zero-order valence-electron chi connectivity index (χ0n) is 18.0. The van der Waals surface area contributed by atoms with E-state index in [1.807, 2.05) is 49.4 Å². The molecule has 0 fully saturated rings. The van der Waals surface area contributed by atoms with Gasteiger partial charge in [0.2, 0.25) is 5.56 Å². The molecule has 0 spiro atoms. The molecule has 2 aromatic heterocycles. The van der Waals surface area contributed by atoms with Gasteiger partial charge in [0.1, 0.15) is 21.6 Å². The van der Waals surface area contributed by atoms with E-state index in [9.17, 15) is 9.59 Å². The van der Waals surface area contributed by atoms with Crippen molar-refractivity contribution >= 4 is 23.8 Å². The fourth-order valence-electron chi connectivity index (χ4n) is 3.69. The summed E-state index contributed by atoms with van der Waals surface area (Å²) in [6, 6.07) is 16.5. The van der Waals surface area contributed by atoms with E-state index in [0.717, 1.165) is 11.1 Å². The minimum absolute atomic E-state index is 0.208. The predicted octanol–water partition coefficient (Wildman–Crippen LogP) is 5.18. The van der Waals surface area contributed by atoms with E-state index in [1.165, 1.54) is 6.07 Å². The second-order valence-corrected chi connectivity index (χ2v) is 7.66. The van der Waals surface area contributed by atoms with Gasteiger partial charge in [-0.25, -0.2) is 4.79 Å². The van der Waals surface area contributed by atoms with Gasteiger partial charge in [-0.15, -0.1) is 0 Å². The van der Waals surface area contributed by atoms with Gasteiger partial charge in [0.15, 0.2) is 0 Å². The minimum Gasteiger partial charge on any atom is -0.496 e. The SMILES string of the molecule is CCOC(=O)c1c(-c2ccc(C)cc2)cn2c(=S)c(-c3ccccc3OC)cc(=O)[nH]c12. The summed E-state index contributed by atoms with van der Waals surface area (Å²) in [6.07, 6.45) is 1.77. The van der Waals surface area contributed by atoms with E-state index in [4.69, 9.17) is 21.7 Å². The molecule has 0 unspecified atom stereocenters. The van der Waals surface area contributed by atoms with Crippen molar-refractivity contribution in [3.63, 3.8) is 0 Å². The van der Waals surface area contributed by atoms with Crippen LogP contribution < -0.4 is 10.3 Å². The number of nitrogens with one attached hydrogen (secondary N) is 1. The number of esters is 1. The largest absolute Gasteiger partial charge is 0.496 e. The highest BCUT2D eigenvalue weighted by atomic mass is 32.1. The van der Waals surface area contributed by atoms with Crippen molar-refractivity contribution in [3.8, 4) is 28.0 Å². The maximum absolute atomic E-state index is 12.9. The Kier molecular flexibility index (Phi) is 5.92. The number of carbonyl (C=O) groups excluding carboxylic acids is 1. The van der Waals surface area contributed by atoms with Crippen LogP contribution in [0.25, 0.3) is 27.9 Å². The summed E-state index contributed by atoms with van der Waals surface area (Å²) in [4.78, 5) is 28.6. The van der Waals surface area contributed by atoms with Crippen LogP contribution in [0.4, 0.5) is 0 Å². The van der Waals surface area contributed by atoms with Crippen molar-refractivity contribution in [2.45, 2.75) is 13.8 Å². The Bertz CT molecular complexity index is 1440. The predicted molar refractivity (Wildman–Crippen MR) is 127 cm³/mol. The molecule has 0 atom stereocenters. The molecule has 6 nitrogen and oxygen atoms in total. The van der Waals surface area contributed by atoms with Crippen LogP contribution in [0.1, 0.15) is 22.8 Å². The number of aromatic nitrogens is 2. The number of carbonyl (C=O) groups is 1. The molecule has 0 aliphatic rings. The monoisotopic (exact) mass is 446 g/mol. The van der Waals surface area contributed by atoms with Gasteiger partial charge in [0, 0.05) is 29.0 Å². The quantitative estimate of drug-likeness (QED) is 0.338. The molecule has 162 valence electrons. The van der Waals surface area contributed by atoms with Gasteiger partial charge in [-0.05, 0) is 25.5 Å². The Hall–Kier alpha value is -3.71. The molecule has 0 saturated heterocycles. The number of rotatable bonds is 5. The highest BCUT2D eigenvalue weighted by molar-refractivity contribution is 7.71. The topological polar surface area (TPSA) is 72.8 Å². The molecular weight excluding hydrogens is 424 g/mol. The van der Waals surface area contributed by atoms with Crippen LogP contribution in [-0.4, -0.2) is 29.1 Å². The Morgan fingerprint density at radius 1 is 1.06 bits per heavy atom. The molecule has 32 heavy (non-hydrogen) atoms. The highest BCUT2D eigenvalue weighted by Gasteiger charge is 2.22. The summed E-state index contributed by atoms with van der Waals surface area (Å²) >= 11 is 5.80. The number of H-pyrrole nitrogens is 1. The number of hydrogen-bond donors (Lipinski definition) is 1. The molecule has 0 amide bonds. The first-order chi connectivity index (χ1) is 15.4. The number of ether oxygens (including phenoxy) is 2. The summed E-state index contributed by atoms with van der Waals surface area (Å²) in [6.45, 7) is 3.94. The number of fused-ring (bicyclic) bond motifs is 1. The number of aromatic amines is 1. The molecule has 7 heteroatoms. The first-order valence-corrected chi connectivity index (χ1v) is 10.6. The number of aryl methyl sites for hydroxylation is 1. The van der Waals surface area contributed by atoms with Crippen molar-refractivity contribution in [1.82, 2.24) is 9.38 Å². The van der Waals surface area contributed by atoms with Crippen LogP contribution in [-0.2, 0) is 4.74 Å². The van der Waals surface area contributed by atoms with Crippen LogP contribution in [0.2, 0.25) is 0 Å². The Morgan fingerprint density at radius 3 is 2.47 bits per heavy atom. The normalized spacial score (nSPS) is 10.8. The lowest BCUT2D eigenvalue weighted by Gasteiger charge is -2.06. The highest BCUT2D eigenvalue weighted by Crippen LogP contribution is 2.33. The summed E-state index contributed by atoms with van der Waals surface area (Å²) in [7, 11) is 1.56. The van der Waals surface area contributed by atoms with Crippen molar-refractivity contribution in [2.24, 2.45) is 0 Å². The Balaban J connectivity index is 2.11. The second kappa shape index (κ2) is 8.80. The lowest BCUT2D eigenvalue weighted by atomic mass is 10.0. The van der Waals surface area contributed by atoms with Crippen LogP contribution in [0.15, 0.2) is 65.6 Å². The molecule has 0 aliphatic heterocycles. The second-order valence-electron chi connectivity index (χ2n) is 7.28. The molecule has 2 heterocycles. The third-order valence-corrected chi connectivity index (χ3v) is 5.63. The number of benzene rings is 2. The number of para-hydroxylation sites is 1. The first kappa shape index (κ1) is 21.5. The molecular formula is C25H22N2O4S. The summed E-state index contributed by atoms with van der Waals surface area (Å²) < 4.78 is 12.8. The van der Waals surface area contributed by atoms with Crippen LogP contribution in [0.3, 0.4) is 0 Å². The van der Waals surface area contributed by atoms with Gasteiger partial charge in [-0.3, -0.25) is 9.20 Å². The van der Waals surface area contributed by atoms with Gasteiger partial charge in [-0.1, -0.05) is 60.2 Å². The molecule has 1 N–H and O–H groups in total.